The van der Waals surface area contributed by atoms with Gasteiger partial charge in [-0.05, 0) is 36.1 Å². The van der Waals surface area contributed by atoms with Crippen LogP contribution in [0.5, 0.6) is 5.75 Å². The maximum absolute atomic E-state index is 14.4. The highest BCUT2D eigenvalue weighted by Crippen LogP contribution is 2.37. The van der Waals surface area contributed by atoms with Crippen molar-refractivity contribution in [3.05, 3.63) is 53.5 Å². The third-order valence-corrected chi connectivity index (χ3v) is 3.69. The first-order valence-corrected chi connectivity index (χ1v) is 7.04. The monoisotopic (exact) mass is 284 g/mol. The summed E-state index contributed by atoms with van der Waals surface area (Å²) < 4.78 is 20.1. The van der Waals surface area contributed by atoms with E-state index in [0.29, 0.717) is 29.3 Å². The van der Waals surface area contributed by atoms with Gasteiger partial charge in [0.2, 0.25) is 0 Å². The van der Waals surface area contributed by atoms with E-state index in [1.165, 1.54) is 6.07 Å². The zero-order valence-corrected chi connectivity index (χ0v) is 11.9. The van der Waals surface area contributed by atoms with Crippen LogP contribution in [0.1, 0.15) is 18.1 Å². The summed E-state index contributed by atoms with van der Waals surface area (Å²) >= 11 is 0. The van der Waals surface area contributed by atoms with Gasteiger partial charge in [0.1, 0.15) is 24.0 Å². The number of nitrogen functional groups attached to an aromatic ring is 1. The molecule has 1 aliphatic rings. The molecule has 1 aliphatic heterocycles. The molecule has 0 unspecified atom stereocenters. The van der Waals surface area contributed by atoms with Crippen LogP contribution in [0.15, 0.2) is 36.5 Å². The first-order chi connectivity index (χ1) is 10.2. The maximum Gasteiger partial charge on any atom is 0.134 e. The average molecular weight is 284 g/mol. The van der Waals surface area contributed by atoms with Gasteiger partial charge in [-0.25, -0.2) is 9.37 Å². The van der Waals surface area contributed by atoms with Gasteiger partial charge in [-0.3, -0.25) is 0 Å². The molecule has 0 aliphatic carbocycles. The van der Waals surface area contributed by atoms with Crippen molar-refractivity contribution in [2.75, 3.05) is 12.3 Å². The van der Waals surface area contributed by atoms with Crippen molar-refractivity contribution < 1.29 is 9.13 Å². The summed E-state index contributed by atoms with van der Waals surface area (Å²) in [5, 5.41) is 0. The molecule has 108 valence electrons. The largest absolute Gasteiger partial charge is 0.488 e. The topological polar surface area (TPSA) is 48.1 Å². The third kappa shape index (κ3) is 2.49. The number of aryl methyl sites for hydroxylation is 1. The van der Waals surface area contributed by atoms with Gasteiger partial charge in [0.05, 0.1) is 5.56 Å². The van der Waals surface area contributed by atoms with E-state index in [1.54, 1.807) is 12.3 Å². The molecule has 0 fully saturated rings. The Hall–Kier alpha value is -2.36. The molecule has 3 rings (SSSR count). The first-order valence-electron chi connectivity index (χ1n) is 7.04. The third-order valence-electron chi connectivity index (χ3n) is 3.69. The molecule has 2 heterocycles. The molecular weight excluding hydrogens is 267 g/mol. The molecule has 3 nitrogen and oxygen atoms in total. The second-order valence-corrected chi connectivity index (χ2v) is 5.02. The van der Waals surface area contributed by atoms with E-state index in [0.717, 1.165) is 24.0 Å². The van der Waals surface area contributed by atoms with E-state index >= 15 is 0 Å². The Morgan fingerprint density at radius 3 is 3.00 bits per heavy atom. The fraction of sp³-hybridized carbons (Fsp3) is 0.235. The number of nitrogens with two attached hydrogens (primary N) is 1. The number of allylic oxidation sites excluding steroid dienone is 1. The van der Waals surface area contributed by atoms with E-state index in [4.69, 9.17) is 10.5 Å². The molecule has 21 heavy (non-hydrogen) atoms. The summed E-state index contributed by atoms with van der Waals surface area (Å²) in [4.78, 5) is 4.18. The number of pyridine rings is 1. The Bertz CT molecular complexity index is 710. The number of anilines is 1. The van der Waals surface area contributed by atoms with Gasteiger partial charge in [0.15, 0.2) is 0 Å². The Morgan fingerprint density at radius 2 is 2.19 bits per heavy atom. The van der Waals surface area contributed by atoms with E-state index in [2.05, 4.69) is 4.98 Å². The van der Waals surface area contributed by atoms with Crippen molar-refractivity contribution in [2.24, 2.45) is 0 Å². The lowest BCUT2D eigenvalue weighted by Gasteiger charge is -2.15. The summed E-state index contributed by atoms with van der Waals surface area (Å²) in [5.41, 5.74) is 8.90. The predicted octanol–water partition coefficient (Wildman–Crippen LogP) is 3.52. The van der Waals surface area contributed by atoms with Crippen molar-refractivity contribution in [3.63, 3.8) is 0 Å². The number of hydrogen-bond donors (Lipinski definition) is 1. The van der Waals surface area contributed by atoms with E-state index < -0.39 is 0 Å². The number of hydrogen-bond acceptors (Lipinski definition) is 3. The predicted molar refractivity (Wildman–Crippen MR) is 81.8 cm³/mol. The Kier molecular flexibility index (Phi) is 3.60. The highest BCUT2D eigenvalue weighted by Gasteiger charge is 2.18. The second kappa shape index (κ2) is 5.56. The first kappa shape index (κ1) is 13.6. The molecule has 0 bridgehead atoms. The summed E-state index contributed by atoms with van der Waals surface area (Å²) in [6.45, 7) is 2.45. The fourth-order valence-electron chi connectivity index (χ4n) is 2.55. The lowest BCUT2D eigenvalue weighted by molar-refractivity contribution is 0.362. The Morgan fingerprint density at radius 1 is 1.33 bits per heavy atom. The minimum absolute atomic E-state index is 0.302. The van der Waals surface area contributed by atoms with Crippen LogP contribution in [-0.2, 0) is 12.8 Å². The molecule has 4 heteroatoms. The van der Waals surface area contributed by atoms with Gasteiger partial charge in [-0.1, -0.05) is 25.1 Å². The maximum atomic E-state index is 14.4. The zero-order chi connectivity index (χ0) is 14.8. The zero-order valence-electron chi connectivity index (χ0n) is 11.9. The standard InChI is InChI=1S/C17H17FN2O/c1-2-11-9-13(10-20-17(11)19)15-14(18)7-6-12-5-3-4-8-21-16(12)15/h3-4,6-7,9-10H,2,5,8H2,1H3,(H2,19,20). The second-order valence-electron chi connectivity index (χ2n) is 5.02. The van der Waals surface area contributed by atoms with Crippen LogP contribution >= 0.6 is 0 Å². The van der Waals surface area contributed by atoms with Crippen molar-refractivity contribution in [1.29, 1.82) is 0 Å². The van der Waals surface area contributed by atoms with Crippen LogP contribution in [0.3, 0.4) is 0 Å². The summed E-state index contributed by atoms with van der Waals surface area (Å²) in [5.74, 6) is 0.796. The molecule has 0 spiro atoms. The fourth-order valence-corrected chi connectivity index (χ4v) is 2.55. The van der Waals surface area contributed by atoms with Gasteiger partial charge < -0.3 is 10.5 Å². The van der Waals surface area contributed by atoms with Crippen LogP contribution < -0.4 is 10.5 Å². The molecule has 0 amide bonds. The van der Waals surface area contributed by atoms with E-state index in [-0.39, 0.29) is 5.82 Å². The molecule has 2 aromatic rings. The van der Waals surface area contributed by atoms with Crippen LogP contribution in [0.4, 0.5) is 10.2 Å². The molecule has 0 atom stereocenters. The number of ether oxygens (including phenoxy) is 1. The molecule has 0 radical (unpaired) electrons. The van der Waals surface area contributed by atoms with Crippen LogP contribution in [0.2, 0.25) is 0 Å². The van der Waals surface area contributed by atoms with Gasteiger partial charge in [-0.2, -0.15) is 0 Å². The van der Waals surface area contributed by atoms with E-state index in [9.17, 15) is 4.39 Å². The van der Waals surface area contributed by atoms with Crippen LogP contribution in [0.25, 0.3) is 11.1 Å². The van der Waals surface area contributed by atoms with Crippen molar-refractivity contribution in [3.8, 4) is 16.9 Å². The van der Waals surface area contributed by atoms with Crippen molar-refractivity contribution >= 4 is 5.82 Å². The van der Waals surface area contributed by atoms with Crippen molar-refractivity contribution in [2.45, 2.75) is 19.8 Å². The van der Waals surface area contributed by atoms with Gasteiger partial charge in [0.25, 0.3) is 0 Å². The number of rotatable bonds is 2. The Labute approximate surface area is 123 Å². The average Bonchev–Trinajstić information content (AvgIpc) is 2.73. The minimum Gasteiger partial charge on any atom is -0.488 e. The highest BCUT2D eigenvalue weighted by atomic mass is 19.1. The normalized spacial score (nSPS) is 13.4. The summed E-state index contributed by atoms with van der Waals surface area (Å²) in [6.07, 6.45) is 7.08. The molecule has 1 aromatic heterocycles. The molecular formula is C17H17FN2O. The number of nitrogens with zero attached hydrogens (tertiary/aromatic N) is 1. The quantitative estimate of drug-likeness (QED) is 0.858. The van der Waals surface area contributed by atoms with E-state index in [1.807, 2.05) is 25.1 Å². The smallest absolute Gasteiger partial charge is 0.134 e. The van der Waals surface area contributed by atoms with Crippen molar-refractivity contribution in [1.82, 2.24) is 4.98 Å². The number of benzene rings is 1. The lowest BCUT2D eigenvalue weighted by Crippen LogP contribution is -2.01. The lowest BCUT2D eigenvalue weighted by atomic mass is 9.99. The summed E-state index contributed by atoms with van der Waals surface area (Å²) in [6, 6.07) is 5.15. The Balaban J connectivity index is 2.18. The van der Waals surface area contributed by atoms with Gasteiger partial charge in [-0.15, -0.1) is 0 Å². The van der Waals surface area contributed by atoms with Crippen LogP contribution in [0, 0.1) is 5.82 Å². The molecule has 0 saturated carbocycles. The number of halogens is 1. The number of fused-ring (bicyclic) bond motifs is 1. The summed E-state index contributed by atoms with van der Waals surface area (Å²) in [7, 11) is 0. The van der Waals surface area contributed by atoms with Gasteiger partial charge in [0, 0.05) is 11.8 Å². The van der Waals surface area contributed by atoms with Crippen LogP contribution in [-0.4, -0.2) is 11.6 Å². The highest BCUT2D eigenvalue weighted by molar-refractivity contribution is 5.74. The number of aromatic nitrogens is 1. The molecule has 2 N–H and O–H groups in total. The van der Waals surface area contributed by atoms with Gasteiger partial charge >= 0.3 is 0 Å². The SMILES string of the molecule is CCc1cc(-c2c(F)ccc3c2OCC=CC3)cnc1N. The minimum atomic E-state index is -0.302. The molecule has 1 aromatic carbocycles. The molecule has 0 saturated heterocycles.